The van der Waals surface area contributed by atoms with Crippen molar-refractivity contribution < 1.29 is 9.53 Å². The average molecular weight is 182 g/mol. The molecule has 1 saturated heterocycles. The number of nitrogens with zero attached hydrogens (tertiary/aromatic N) is 2. The van der Waals surface area contributed by atoms with E-state index in [0.29, 0.717) is 19.1 Å². The molecule has 0 aromatic heterocycles. The van der Waals surface area contributed by atoms with Gasteiger partial charge in [0.25, 0.3) is 0 Å². The molecule has 1 fully saturated rings. The molecule has 72 valence electrons. The number of rotatable bonds is 1. The zero-order valence-corrected chi connectivity index (χ0v) is 7.99. The lowest BCUT2D eigenvalue weighted by molar-refractivity contribution is 0.108. The zero-order chi connectivity index (χ0) is 9.84. The molecule has 0 bridgehead atoms. The van der Waals surface area contributed by atoms with Crippen molar-refractivity contribution in [1.82, 2.24) is 4.90 Å². The third-order valence-electron chi connectivity index (χ3n) is 2.16. The Balaban J connectivity index is 2.58. The molecule has 1 amide bonds. The predicted molar refractivity (Wildman–Crippen MR) is 46.9 cm³/mol. The highest BCUT2D eigenvalue weighted by Crippen LogP contribution is 2.22. The highest BCUT2D eigenvalue weighted by Gasteiger charge is 2.33. The minimum absolute atomic E-state index is 0.297. The van der Waals surface area contributed by atoms with Crippen molar-refractivity contribution in [3.8, 4) is 6.07 Å². The summed E-state index contributed by atoms with van der Waals surface area (Å²) in [5.41, 5.74) is 0. The number of amides is 1. The van der Waals surface area contributed by atoms with Gasteiger partial charge < -0.3 is 4.74 Å². The fraction of sp³-hybridized carbons (Fsp3) is 0.778. The Hall–Kier alpha value is -1.24. The van der Waals surface area contributed by atoms with Crippen LogP contribution in [0.3, 0.4) is 0 Å². The van der Waals surface area contributed by atoms with Crippen molar-refractivity contribution in [2.45, 2.75) is 26.3 Å². The second-order valence-corrected chi connectivity index (χ2v) is 3.34. The molecule has 0 spiro atoms. The largest absolute Gasteiger partial charge is 0.450 e. The first-order valence-corrected chi connectivity index (χ1v) is 4.52. The number of carbonyl (C=O) groups excluding carboxylic acids is 1. The van der Waals surface area contributed by atoms with Gasteiger partial charge in [-0.3, -0.25) is 4.90 Å². The van der Waals surface area contributed by atoms with Gasteiger partial charge in [-0.2, -0.15) is 5.26 Å². The fourth-order valence-corrected chi connectivity index (χ4v) is 1.58. The quantitative estimate of drug-likeness (QED) is 0.615. The van der Waals surface area contributed by atoms with Crippen LogP contribution in [0.1, 0.15) is 20.3 Å². The molecule has 1 aliphatic rings. The predicted octanol–water partition coefficient (Wildman–Crippen LogP) is 1.38. The van der Waals surface area contributed by atoms with Crippen molar-refractivity contribution in [2.75, 3.05) is 13.2 Å². The molecule has 0 radical (unpaired) electrons. The van der Waals surface area contributed by atoms with E-state index in [9.17, 15) is 4.79 Å². The van der Waals surface area contributed by atoms with E-state index in [-0.39, 0.29) is 12.1 Å². The van der Waals surface area contributed by atoms with Crippen LogP contribution in [0.4, 0.5) is 4.79 Å². The Bertz CT molecular complexity index is 234. The Labute approximate surface area is 78.1 Å². The fourth-order valence-electron chi connectivity index (χ4n) is 1.58. The maximum absolute atomic E-state index is 11.3. The van der Waals surface area contributed by atoms with E-state index in [0.717, 1.165) is 6.42 Å². The van der Waals surface area contributed by atoms with Crippen molar-refractivity contribution in [3.05, 3.63) is 0 Å². The van der Waals surface area contributed by atoms with Crippen molar-refractivity contribution in [1.29, 1.82) is 5.26 Å². The highest BCUT2D eigenvalue weighted by molar-refractivity contribution is 5.69. The molecule has 1 rings (SSSR count). The third-order valence-corrected chi connectivity index (χ3v) is 2.16. The Morgan fingerprint density at radius 3 is 3.00 bits per heavy atom. The van der Waals surface area contributed by atoms with Crippen molar-refractivity contribution in [3.63, 3.8) is 0 Å². The maximum Gasteiger partial charge on any atom is 0.410 e. The number of carbonyl (C=O) groups is 1. The number of hydrogen-bond donors (Lipinski definition) is 0. The van der Waals surface area contributed by atoms with Gasteiger partial charge in [-0.05, 0) is 19.3 Å². The van der Waals surface area contributed by atoms with Crippen LogP contribution in [0.25, 0.3) is 0 Å². The summed E-state index contributed by atoms with van der Waals surface area (Å²) in [5.74, 6) is 0.397. The van der Waals surface area contributed by atoms with Gasteiger partial charge in [-0.25, -0.2) is 4.79 Å². The normalized spacial score (nSPS) is 27.0. The third kappa shape index (κ3) is 2.11. The van der Waals surface area contributed by atoms with Crippen LogP contribution in [-0.4, -0.2) is 30.2 Å². The van der Waals surface area contributed by atoms with E-state index >= 15 is 0 Å². The van der Waals surface area contributed by atoms with E-state index in [4.69, 9.17) is 10.00 Å². The lowest BCUT2D eigenvalue weighted by Gasteiger charge is -2.18. The second kappa shape index (κ2) is 4.13. The van der Waals surface area contributed by atoms with E-state index in [2.05, 4.69) is 6.07 Å². The van der Waals surface area contributed by atoms with E-state index in [1.54, 1.807) is 6.92 Å². The minimum atomic E-state index is -0.363. The molecular weight excluding hydrogens is 168 g/mol. The first-order chi connectivity index (χ1) is 6.19. The smallest absolute Gasteiger partial charge is 0.410 e. The summed E-state index contributed by atoms with van der Waals surface area (Å²) < 4.78 is 4.84. The molecule has 0 aromatic rings. The van der Waals surface area contributed by atoms with Gasteiger partial charge in [0.1, 0.15) is 6.04 Å². The maximum atomic E-state index is 11.3. The Morgan fingerprint density at radius 1 is 1.77 bits per heavy atom. The SMILES string of the molecule is CCOC(=O)N1CC(C)CC1C#N. The average Bonchev–Trinajstić information content (AvgIpc) is 2.47. The standard InChI is InChI=1S/C9H14N2O2/c1-3-13-9(12)11-6-7(2)4-8(11)5-10/h7-8H,3-4,6H2,1-2H3. The van der Waals surface area contributed by atoms with E-state index in [1.807, 2.05) is 6.92 Å². The molecule has 13 heavy (non-hydrogen) atoms. The van der Waals surface area contributed by atoms with Gasteiger partial charge in [0.15, 0.2) is 0 Å². The zero-order valence-electron chi connectivity index (χ0n) is 7.99. The molecule has 1 heterocycles. The summed E-state index contributed by atoms with van der Waals surface area (Å²) >= 11 is 0. The molecule has 0 aromatic carbocycles. The number of ether oxygens (including phenoxy) is 1. The monoisotopic (exact) mass is 182 g/mol. The van der Waals surface area contributed by atoms with Crippen LogP contribution in [0, 0.1) is 17.2 Å². The van der Waals surface area contributed by atoms with Crippen LogP contribution < -0.4 is 0 Å². The molecule has 2 atom stereocenters. The summed E-state index contributed by atoms with van der Waals surface area (Å²) in [6, 6.07) is 1.81. The first kappa shape index (κ1) is 9.85. The minimum Gasteiger partial charge on any atom is -0.450 e. The van der Waals surface area contributed by atoms with Gasteiger partial charge in [-0.15, -0.1) is 0 Å². The summed E-state index contributed by atoms with van der Waals surface area (Å²) in [5, 5.41) is 8.77. The Morgan fingerprint density at radius 2 is 2.46 bits per heavy atom. The summed E-state index contributed by atoms with van der Waals surface area (Å²) in [4.78, 5) is 12.8. The summed E-state index contributed by atoms with van der Waals surface area (Å²) in [6.07, 6.45) is 0.397. The molecule has 0 N–H and O–H groups in total. The first-order valence-electron chi connectivity index (χ1n) is 4.52. The van der Waals surface area contributed by atoms with Crippen LogP contribution in [-0.2, 0) is 4.74 Å². The molecule has 4 nitrogen and oxygen atoms in total. The van der Waals surface area contributed by atoms with Gasteiger partial charge in [0.05, 0.1) is 12.7 Å². The van der Waals surface area contributed by atoms with Crippen LogP contribution in [0.5, 0.6) is 0 Å². The molecule has 0 aliphatic carbocycles. The van der Waals surface area contributed by atoms with Gasteiger partial charge in [0.2, 0.25) is 0 Å². The topological polar surface area (TPSA) is 53.3 Å². The van der Waals surface area contributed by atoms with Gasteiger partial charge in [0, 0.05) is 6.54 Å². The van der Waals surface area contributed by atoms with Crippen LogP contribution >= 0.6 is 0 Å². The number of hydrogen-bond acceptors (Lipinski definition) is 3. The molecule has 2 unspecified atom stereocenters. The lowest BCUT2D eigenvalue weighted by Crippen LogP contribution is -2.35. The van der Waals surface area contributed by atoms with Gasteiger partial charge in [-0.1, -0.05) is 6.92 Å². The van der Waals surface area contributed by atoms with Crippen LogP contribution in [0.2, 0.25) is 0 Å². The van der Waals surface area contributed by atoms with E-state index in [1.165, 1.54) is 4.90 Å². The summed E-state index contributed by atoms with van der Waals surface area (Å²) in [6.45, 7) is 4.79. The van der Waals surface area contributed by atoms with Gasteiger partial charge >= 0.3 is 6.09 Å². The van der Waals surface area contributed by atoms with Crippen LogP contribution in [0.15, 0.2) is 0 Å². The van der Waals surface area contributed by atoms with Crippen molar-refractivity contribution >= 4 is 6.09 Å². The number of nitriles is 1. The second-order valence-electron chi connectivity index (χ2n) is 3.34. The number of likely N-dealkylation sites (tertiary alicyclic amines) is 1. The molecule has 1 aliphatic heterocycles. The van der Waals surface area contributed by atoms with E-state index < -0.39 is 0 Å². The molecule has 0 saturated carbocycles. The molecular formula is C9H14N2O2. The summed E-state index contributed by atoms with van der Waals surface area (Å²) in [7, 11) is 0. The lowest BCUT2D eigenvalue weighted by atomic mass is 10.1. The van der Waals surface area contributed by atoms with Crippen molar-refractivity contribution in [2.24, 2.45) is 5.92 Å². The molecule has 4 heteroatoms. The highest BCUT2D eigenvalue weighted by atomic mass is 16.6. The Kier molecular flexibility index (Phi) is 3.13.